The summed E-state index contributed by atoms with van der Waals surface area (Å²) in [6.45, 7) is 8.47. The summed E-state index contributed by atoms with van der Waals surface area (Å²) in [4.78, 5) is 27.0. The third-order valence-electron chi connectivity index (χ3n) is 5.83. The zero-order valence-electron chi connectivity index (χ0n) is 18.8. The van der Waals surface area contributed by atoms with E-state index >= 15 is 0 Å². The maximum Gasteiger partial charge on any atom is 0.416 e. The van der Waals surface area contributed by atoms with Crippen LogP contribution in [0.3, 0.4) is 0 Å². The van der Waals surface area contributed by atoms with Gasteiger partial charge < -0.3 is 10.2 Å². The van der Waals surface area contributed by atoms with Crippen LogP contribution in [-0.2, 0) is 22.3 Å². The fraction of sp³-hybridized carbons (Fsp3) is 0.440. The number of carbonyl (C=O) groups excluding carboxylic acids is 2. The van der Waals surface area contributed by atoms with Crippen LogP contribution in [0.25, 0.3) is 0 Å². The van der Waals surface area contributed by atoms with Crippen LogP contribution in [-0.4, -0.2) is 23.3 Å². The van der Waals surface area contributed by atoms with Crippen LogP contribution in [0.4, 0.5) is 18.9 Å². The smallest absolute Gasteiger partial charge is 0.338 e. The van der Waals surface area contributed by atoms with Crippen molar-refractivity contribution in [1.29, 1.82) is 0 Å². The summed E-state index contributed by atoms with van der Waals surface area (Å²) in [5.74, 6) is -0.588. The van der Waals surface area contributed by atoms with Crippen molar-refractivity contribution in [1.82, 2.24) is 4.90 Å². The molecule has 2 aromatic rings. The van der Waals surface area contributed by atoms with Gasteiger partial charge in [0.2, 0.25) is 11.8 Å². The third kappa shape index (κ3) is 5.31. The molecule has 0 radical (unpaired) electrons. The SMILES string of the molecule is CC(C)c1cccc(C(C)C)c1NC(=O)C1CC(=O)N(Cc2cccc(C(F)(F)F)c2)C1. The van der Waals surface area contributed by atoms with Crippen LogP contribution in [0, 0.1) is 5.92 Å². The number of rotatable bonds is 6. The van der Waals surface area contributed by atoms with Crippen molar-refractivity contribution in [3.63, 3.8) is 0 Å². The number of likely N-dealkylation sites (tertiary alicyclic amines) is 1. The molecule has 2 aromatic carbocycles. The number of alkyl halides is 3. The Morgan fingerprint density at radius 1 is 1.06 bits per heavy atom. The van der Waals surface area contributed by atoms with Crippen molar-refractivity contribution in [2.45, 2.75) is 58.7 Å². The van der Waals surface area contributed by atoms with Gasteiger partial charge in [0.05, 0.1) is 11.5 Å². The average molecular weight is 447 g/mol. The molecule has 1 heterocycles. The molecule has 0 aromatic heterocycles. The van der Waals surface area contributed by atoms with Crippen LogP contribution >= 0.6 is 0 Å². The van der Waals surface area contributed by atoms with Crippen molar-refractivity contribution in [2.75, 3.05) is 11.9 Å². The Hall–Kier alpha value is -2.83. The van der Waals surface area contributed by atoms with Crippen LogP contribution in [0.15, 0.2) is 42.5 Å². The largest absolute Gasteiger partial charge is 0.416 e. The fourth-order valence-electron chi connectivity index (χ4n) is 4.09. The topological polar surface area (TPSA) is 49.4 Å². The molecule has 1 atom stereocenters. The molecule has 0 spiro atoms. The molecule has 172 valence electrons. The van der Waals surface area contributed by atoms with Gasteiger partial charge in [-0.05, 0) is 40.7 Å². The molecule has 0 bridgehead atoms. The van der Waals surface area contributed by atoms with Gasteiger partial charge in [0, 0.05) is 25.2 Å². The first-order chi connectivity index (χ1) is 15.0. The molecular weight excluding hydrogens is 417 g/mol. The summed E-state index contributed by atoms with van der Waals surface area (Å²) >= 11 is 0. The number of nitrogens with zero attached hydrogens (tertiary/aromatic N) is 1. The molecule has 1 N–H and O–H groups in total. The second kappa shape index (κ2) is 9.35. The number of anilines is 1. The second-order valence-corrected chi connectivity index (χ2v) is 8.98. The average Bonchev–Trinajstić information content (AvgIpc) is 3.07. The van der Waals surface area contributed by atoms with E-state index in [9.17, 15) is 22.8 Å². The molecule has 0 aliphatic carbocycles. The maximum atomic E-state index is 13.1. The Morgan fingerprint density at radius 2 is 1.66 bits per heavy atom. The predicted octanol–water partition coefficient (Wildman–Crippen LogP) is 5.94. The van der Waals surface area contributed by atoms with Gasteiger partial charge in [0.25, 0.3) is 0 Å². The van der Waals surface area contributed by atoms with Gasteiger partial charge in [-0.15, -0.1) is 0 Å². The Kier molecular flexibility index (Phi) is 6.96. The lowest BCUT2D eigenvalue weighted by atomic mass is 9.92. The Labute approximate surface area is 186 Å². The highest BCUT2D eigenvalue weighted by molar-refractivity contribution is 5.98. The summed E-state index contributed by atoms with van der Waals surface area (Å²) in [5.41, 5.74) is 2.51. The lowest BCUT2D eigenvalue weighted by molar-refractivity contribution is -0.137. The number of nitrogens with one attached hydrogen (secondary N) is 1. The summed E-state index contributed by atoms with van der Waals surface area (Å²) in [6, 6.07) is 10.9. The molecule has 1 aliphatic rings. The van der Waals surface area contributed by atoms with Crippen LogP contribution in [0.2, 0.25) is 0 Å². The fourth-order valence-corrected chi connectivity index (χ4v) is 4.09. The molecule has 1 unspecified atom stereocenters. The zero-order valence-corrected chi connectivity index (χ0v) is 18.8. The highest BCUT2D eigenvalue weighted by atomic mass is 19.4. The van der Waals surface area contributed by atoms with Crippen LogP contribution in [0.1, 0.15) is 68.2 Å². The molecule has 1 saturated heterocycles. The molecule has 4 nitrogen and oxygen atoms in total. The number of hydrogen-bond acceptors (Lipinski definition) is 2. The van der Waals surface area contributed by atoms with Crippen LogP contribution in [0.5, 0.6) is 0 Å². The van der Waals surface area contributed by atoms with Crippen molar-refractivity contribution < 1.29 is 22.8 Å². The van der Waals surface area contributed by atoms with Gasteiger partial charge in [-0.2, -0.15) is 13.2 Å². The molecule has 1 aliphatic heterocycles. The minimum absolute atomic E-state index is 0.0473. The number of hydrogen-bond donors (Lipinski definition) is 1. The van der Waals surface area contributed by atoms with E-state index in [0.29, 0.717) is 5.56 Å². The van der Waals surface area contributed by atoms with Crippen molar-refractivity contribution in [3.05, 3.63) is 64.7 Å². The van der Waals surface area contributed by atoms with Gasteiger partial charge >= 0.3 is 6.18 Å². The van der Waals surface area contributed by atoms with E-state index in [1.165, 1.54) is 11.0 Å². The standard InChI is InChI=1S/C25H29F3N2O2/c1-15(2)20-9-6-10-21(16(3)4)23(20)29-24(32)18-12-22(31)30(14-18)13-17-7-5-8-19(11-17)25(26,27)28/h5-11,15-16,18H,12-14H2,1-4H3,(H,29,32). The molecular formula is C25H29F3N2O2. The molecule has 3 rings (SSSR count). The van der Waals surface area contributed by atoms with Gasteiger partial charge in [-0.25, -0.2) is 0 Å². The molecule has 1 fully saturated rings. The Bertz CT molecular complexity index is 973. The predicted molar refractivity (Wildman–Crippen MR) is 118 cm³/mol. The lowest BCUT2D eigenvalue weighted by Gasteiger charge is -2.22. The Balaban J connectivity index is 1.74. The first-order valence-electron chi connectivity index (χ1n) is 10.8. The van der Waals surface area contributed by atoms with E-state index in [2.05, 4.69) is 33.0 Å². The maximum absolute atomic E-state index is 13.1. The third-order valence-corrected chi connectivity index (χ3v) is 5.83. The Morgan fingerprint density at radius 3 is 2.22 bits per heavy atom. The highest BCUT2D eigenvalue weighted by Gasteiger charge is 2.35. The minimum atomic E-state index is -4.44. The van der Waals surface area contributed by atoms with Gasteiger partial charge in [-0.1, -0.05) is 58.0 Å². The van der Waals surface area contributed by atoms with Gasteiger partial charge in [0.15, 0.2) is 0 Å². The zero-order chi connectivity index (χ0) is 23.6. The number of amides is 2. The highest BCUT2D eigenvalue weighted by Crippen LogP contribution is 2.34. The first-order valence-corrected chi connectivity index (χ1v) is 10.8. The summed E-state index contributed by atoms with van der Waals surface area (Å²) < 4.78 is 38.9. The van der Waals surface area contributed by atoms with Crippen molar-refractivity contribution in [3.8, 4) is 0 Å². The summed E-state index contributed by atoms with van der Waals surface area (Å²) in [7, 11) is 0. The molecule has 32 heavy (non-hydrogen) atoms. The minimum Gasteiger partial charge on any atom is -0.338 e. The van der Waals surface area contributed by atoms with Crippen molar-refractivity contribution >= 4 is 17.5 Å². The monoisotopic (exact) mass is 446 g/mol. The normalized spacial score (nSPS) is 16.8. The van der Waals surface area contributed by atoms with Gasteiger partial charge in [0.1, 0.15) is 0 Å². The summed E-state index contributed by atoms with van der Waals surface area (Å²) in [5, 5.41) is 3.05. The number of para-hydroxylation sites is 1. The number of halogens is 3. The van der Waals surface area contributed by atoms with E-state index in [-0.39, 0.29) is 43.2 Å². The van der Waals surface area contributed by atoms with E-state index in [4.69, 9.17) is 0 Å². The lowest BCUT2D eigenvalue weighted by Crippen LogP contribution is -2.28. The molecule has 0 saturated carbocycles. The van der Waals surface area contributed by atoms with Crippen LogP contribution < -0.4 is 5.32 Å². The van der Waals surface area contributed by atoms with E-state index in [1.807, 2.05) is 18.2 Å². The summed E-state index contributed by atoms with van der Waals surface area (Å²) in [6.07, 6.45) is -4.39. The van der Waals surface area contributed by atoms with Gasteiger partial charge in [-0.3, -0.25) is 9.59 Å². The number of carbonyl (C=O) groups is 2. The quantitative estimate of drug-likeness (QED) is 0.597. The molecule has 7 heteroatoms. The van der Waals surface area contributed by atoms with Crippen molar-refractivity contribution in [2.24, 2.45) is 5.92 Å². The van der Waals surface area contributed by atoms with E-state index in [1.54, 1.807) is 6.07 Å². The second-order valence-electron chi connectivity index (χ2n) is 8.98. The van der Waals surface area contributed by atoms with E-state index in [0.717, 1.165) is 28.9 Å². The molecule has 2 amide bonds. The van der Waals surface area contributed by atoms with E-state index < -0.39 is 17.7 Å². The number of benzene rings is 2. The first kappa shape index (κ1) is 23.8.